The molecular weight excluding hydrogens is 220 g/mol. The SMILES string of the molecule is Cc1ccc(Cl)c2cc(CC(C)CN)[nH]c12. The van der Waals surface area contributed by atoms with Gasteiger partial charge in [0.25, 0.3) is 0 Å². The molecular formula is C13H17ClN2. The number of fused-ring (bicyclic) bond motifs is 1. The van der Waals surface area contributed by atoms with E-state index in [1.54, 1.807) is 0 Å². The van der Waals surface area contributed by atoms with Crippen LogP contribution in [-0.2, 0) is 6.42 Å². The number of nitrogens with two attached hydrogens (primary N) is 1. The van der Waals surface area contributed by atoms with Gasteiger partial charge in [0.05, 0.1) is 5.52 Å². The topological polar surface area (TPSA) is 41.8 Å². The lowest BCUT2D eigenvalue weighted by atomic mass is 10.1. The maximum atomic E-state index is 6.17. The predicted molar refractivity (Wildman–Crippen MR) is 70.0 cm³/mol. The predicted octanol–water partition coefficient (Wildman–Crippen LogP) is 3.27. The van der Waals surface area contributed by atoms with Gasteiger partial charge in [0.2, 0.25) is 0 Å². The normalized spacial score (nSPS) is 13.2. The highest BCUT2D eigenvalue weighted by Crippen LogP contribution is 2.27. The Bertz CT molecular complexity index is 463. The molecule has 0 spiro atoms. The van der Waals surface area contributed by atoms with E-state index in [9.17, 15) is 0 Å². The van der Waals surface area contributed by atoms with Crippen molar-refractivity contribution in [3.05, 3.63) is 34.5 Å². The van der Waals surface area contributed by atoms with Gasteiger partial charge >= 0.3 is 0 Å². The number of halogens is 1. The lowest BCUT2D eigenvalue weighted by Gasteiger charge is -2.05. The van der Waals surface area contributed by atoms with E-state index in [4.69, 9.17) is 17.3 Å². The monoisotopic (exact) mass is 236 g/mol. The van der Waals surface area contributed by atoms with E-state index in [0.29, 0.717) is 12.5 Å². The Morgan fingerprint density at radius 3 is 2.81 bits per heavy atom. The molecule has 0 saturated heterocycles. The van der Waals surface area contributed by atoms with Crippen LogP contribution in [0.3, 0.4) is 0 Å². The first-order valence-electron chi connectivity index (χ1n) is 5.58. The number of hydrogen-bond donors (Lipinski definition) is 2. The highest BCUT2D eigenvalue weighted by atomic mass is 35.5. The Morgan fingerprint density at radius 2 is 2.19 bits per heavy atom. The van der Waals surface area contributed by atoms with Gasteiger partial charge in [0.15, 0.2) is 0 Å². The molecule has 2 nitrogen and oxygen atoms in total. The molecule has 16 heavy (non-hydrogen) atoms. The number of aromatic nitrogens is 1. The second-order valence-electron chi connectivity index (χ2n) is 4.49. The summed E-state index contributed by atoms with van der Waals surface area (Å²) in [6.45, 7) is 4.95. The molecule has 1 aromatic heterocycles. The zero-order valence-corrected chi connectivity index (χ0v) is 10.4. The smallest absolute Gasteiger partial charge is 0.0500 e. The van der Waals surface area contributed by atoms with E-state index in [0.717, 1.165) is 22.3 Å². The lowest BCUT2D eigenvalue weighted by Crippen LogP contribution is -2.13. The van der Waals surface area contributed by atoms with Crippen LogP contribution >= 0.6 is 11.6 Å². The quantitative estimate of drug-likeness (QED) is 0.844. The van der Waals surface area contributed by atoms with Gasteiger partial charge in [-0.2, -0.15) is 0 Å². The summed E-state index contributed by atoms with van der Waals surface area (Å²) in [5, 5.41) is 1.92. The minimum Gasteiger partial charge on any atom is -0.358 e. The summed E-state index contributed by atoms with van der Waals surface area (Å²) in [6, 6.07) is 6.12. The Hall–Kier alpha value is -0.990. The third-order valence-electron chi connectivity index (χ3n) is 2.98. The highest BCUT2D eigenvalue weighted by molar-refractivity contribution is 6.35. The second-order valence-corrected chi connectivity index (χ2v) is 4.90. The van der Waals surface area contributed by atoms with Crippen LogP contribution in [0.5, 0.6) is 0 Å². The van der Waals surface area contributed by atoms with E-state index in [2.05, 4.69) is 24.9 Å². The van der Waals surface area contributed by atoms with Crippen LogP contribution in [0, 0.1) is 12.8 Å². The van der Waals surface area contributed by atoms with Gasteiger partial charge in [-0.05, 0) is 43.5 Å². The average molecular weight is 237 g/mol. The Balaban J connectivity index is 2.43. The molecule has 1 heterocycles. The molecule has 0 fully saturated rings. The molecule has 3 heteroatoms. The molecule has 1 unspecified atom stereocenters. The number of aromatic amines is 1. The zero-order chi connectivity index (χ0) is 11.7. The molecule has 2 aromatic rings. The molecule has 0 aliphatic carbocycles. The first-order valence-corrected chi connectivity index (χ1v) is 5.96. The van der Waals surface area contributed by atoms with Crippen molar-refractivity contribution >= 4 is 22.5 Å². The van der Waals surface area contributed by atoms with Gasteiger partial charge in [-0.1, -0.05) is 24.6 Å². The maximum Gasteiger partial charge on any atom is 0.0500 e. The standard InChI is InChI=1S/C13H17ClN2/c1-8(7-15)5-10-6-11-12(14)4-3-9(2)13(11)16-10/h3-4,6,8,16H,5,7,15H2,1-2H3. The fourth-order valence-corrected chi connectivity index (χ4v) is 2.16. The highest BCUT2D eigenvalue weighted by Gasteiger charge is 2.08. The van der Waals surface area contributed by atoms with E-state index in [1.165, 1.54) is 11.3 Å². The molecule has 0 saturated carbocycles. The van der Waals surface area contributed by atoms with E-state index >= 15 is 0 Å². The van der Waals surface area contributed by atoms with Crippen LogP contribution < -0.4 is 5.73 Å². The summed E-state index contributed by atoms with van der Waals surface area (Å²) in [5.41, 5.74) is 9.22. The molecule has 0 amide bonds. The summed E-state index contributed by atoms with van der Waals surface area (Å²) >= 11 is 6.17. The molecule has 0 bridgehead atoms. The van der Waals surface area contributed by atoms with Gasteiger partial charge in [-0.15, -0.1) is 0 Å². The van der Waals surface area contributed by atoms with Crippen LogP contribution in [0.1, 0.15) is 18.2 Å². The number of benzene rings is 1. The third kappa shape index (κ3) is 2.08. The van der Waals surface area contributed by atoms with Gasteiger partial charge in [-0.25, -0.2) is 0 Å². The molecule has 2 rings (SSSR count). The van der Waals surface area contributed by atoms with Gasteiger partial charge < -0.3 is 10.7 Å². The minimum absolute atomic E-state index is 0.493. The van der Waals surface area contributed by atoms with Crippen LogP contribution in [0.4, 0.5) is 0 Å². The van der Waals surface area contributed by atoms with Gasteiger partial charge in [0.1, 0.15) is 0 Å². The molecule has 1 aromatic carbocycles. The molecule has 3 N–H and O–H groups in total. The van der Waals surface area contributed by atoms with Crippen molar-refractivity contribution in [3.8, 4) is 0 Å². The maximum absolute atomic E-state index is 6.17. The Labute approximate surface area is 101 Å². The van der Waals surface area contributed by atoms with Crippen molar-refractivity contribution < 1.29 is 0 Å². The number of nitrogens with one attached hydrogen (secondary N) is 1. The van der Waals surface area contributed by atoms with Crippen LogP contribution in [0.25, 0.3) is 10.9 Å². The van der Waals surface area contributed by atoms with E-state index in [1.807, 2.05) is 12.1 Å². The third-order valence-corrected chi connectivity index (χ3v) is 3.31. The number of hydrogen-bond acceptors (Lipinski definition) is 1. The van der Waals surface area contributed by atoms with Crippen molar-refractivity contribution in [3.63, 3.8) is 0 Å². The second kappa shape index (κ2) is 4.48. The van der Waals surface area contributed by atoms with Gasteiger partial charge in [0, 0.05) is 16.1 Å². The van der Waals surface area contributed by atoms with Gasteiger partial charge in [-0.3, -0.25) is 0 Å². The molecule has 0 aliphatic rings. The van der Waals surface area contributed by atoms with Crippen LogP contribution in [-0.4, -0.2) is 11.5 Å². The summed E-state index contributed by atoms with van der Waals surface area (Å²) in [4.78, 5) is 3.43. The largest absolute Gasteiger partial charge is 0.358 e. The number of rotatable bonds is 3. The summed E-state index contributed by atoms with van der Waals surface area (Å²) in [6.07, 6.45) is 0.973. The molecule has 1 atom stereocenters. The fourth-order valence-electron chi connectivity index (χ4n) is 1.95. The van der Waals surface area contributed by atoms with E-state index < -0.39 is 0 Å². The molecule has 0 aliphatic heterocycles. The number of H-pyrrole nitrogens is 1. The Morgan fingerprint density at radius 1 is 1.44 bits per heavy atom. The first kappa shape index (κ1) is 11.5. The molecule has 86 valence electrons. The van der Waals surface area contributed by atoms with Crippen LogP contribution in [0.15, 0.2) is 18.2 Å². The van der Waals surface area contributed by atoms with Crippen molar-refractivity contribution in [2.75, 3.05) is 6.54 Å². The Kier molecular flexibility index (Phi) is 3.22. The van der Waals surface area contributed by atoms with E-state index in [-0.39, 0.29) is 0 Å². The average Bonchev–Trinajstić information content (AvgIpc) is 2.68. The van der Waals surface area contributed by atoms with Crippen molar-refractivity contribution in [2.24, 2.45) is 11.7 Å². The summed E-state index contributed by atoms with van der Waals surface area (Å²) in [5.74, 6) is 0.493. The molecule has 0 radical (unpaired) electrons. The fraction of sp³-hybridized carbons (Fsp3) is 0.385. The summed E-state index contributed by atoms with van der Waals surface area (Å²) in [7, 11) is 0. The van der Waals surface area contributed by atoms with Crippen molar-refractivity contribution in [1.29, 1.82) is 0 Å². The zero-order valence-electron chi connectivity index (χ0n) is 9.68. The van der Waals surface area contributed by atoms with Crippen molar-refractivity contribution in [2.45, 2.75) is 20.3 Å². The van der Waals surface area contributed by atoms with Crippen molar-refractivity contribution in [1.82, 2.24) is 4.98 Å². The summed E-state index contributed by atoms with van der Waals surface area (Å²) < 4.78 is 0. The number of aryl methyl sites for hydroxylation is 1. The first-order chi connectivity index (χ1) is 7.61. The lowest BCUT2D eigenvalue weighted by molar-refractivity contribution is 0.586. The minimum atomic E-state index is 0.493. The van der Waals surface area contributed by atoms with Crippen LogP contribution in [0.2, 0.25) is 5.02 Å².